The Kier molecular flexibility index (Phi) is 27.7. The van der Waals surface area contributed by atoms with Crippen molar-refractivity contribution in [2.45, 2.75) is 27.7 Å². The maximum absolute atomic E-state index is 8.89. The van der Waals surface area contributed by atoms with E-state index in [1.54, 1.807) is 0 Å². The number of carboxylic acid groups (broad SMARTS) is 4. The van der Waals surface area contributed by atoms with Crippen LogP contribution in [0.5, 0.6) is 0 Å². The van der Waals surface area contributed by atoms with Crippen LogP contribution in [0, 0.1) is 0 Å². The minimum atomic E-state index is -1.08. The zero-order valence-corrected chi connectivity index (χ0v) is 24.3. The quantitative estimate of drug-likeness (QED) is 0.188. The van der Waals surface area contributed by atoms with Crippen LogP contribution in [0.15, 0.2) is 60.7 Å². The molecule has 0 aliphatic heterocycles. The van der Waals surface area contributed by atoms with Crippen molar-refractivity contribution in [2.24, 2.45) is 0 Å². The molecule has 234 valence electrons. The molecule has 2 radical (unpaired) electrons. The van der Waals surface area contributed by atoms with E-state index in [1.165, 1.54) is 9.36 Å². The summed E-state index contributed by atoms with van der Waals surface area (Å²) in [6.07, 6.45) is 0. The van der Waals surface area contributed by atoms with Crippen molar-refractivity contribution in [1.82, 2.24) is 40.4 Å². The predicted octanol–water partition coefficient (Wildman–Crippen LogP) is -4.49. The molecule has 2 heterocycles. The molecule has 0 saturated heterocycles. The number of carboxylic acids is 4. The van der Waals surface area contributed by atoms with Gasteiger partial charge in [-0.15, -0.1) is 0 Å². The van der Waals surface area contributed by atoms with Gasteiger partial charge in [0.1, 0.15) is 0 Å². The number of carbonyl (C=O) groups is 4. The number of benzene rings is 2. The second kappa shape index (κ2) is 26.3. The molecule has 0 fully saturated rings. The van der Waals surface area contributed by atoms with E-state index in [-0.39, 0.29) is 34.1 Å². The standard InChI is InChI=1S/2C7H7N5.4C2H4O2.2Cu/c2*8-7-9-10-11-12(7)6-4-2-1-3-5-6;4*1-2(3)4;;/h2*1-5H,(H2,8,9,11);4*1H3,(H,3,4);;/q;;;;;;2*+2/p-4. The first-order valence-electron chi connectivity index (χ1n) is 10.6. The zero-order valence-electron chi connectivity index (χ0n) is 22.4. The topological polar surface area (TPSA) is 300 Å². The molecule has 0 saturated carbocycles. The predicted molar refractivity (Wildman–Crippen MR) is 130 cm³/mol. The molecule has 42 heavy (non-hydrogen) atoms. The number of para-hydroxylation sites is 2. The Morgan fingerprint density at radius 1 is 0.548 bits per heavy atom. The summed E-state index contributed by atoms with van der Waals surface area (Å²) in [5.41, 5.74) is 12.7. The SMILES string of the molecule is CC(=O)[O-].CC(=O)[O-].CC(=O)[O-].CC(=O)[O-].Nc1nnnn1-c1ccccc1.Nc1nnnn1-c1ccccc1.[Cu+2].[Cu+2]. The molecule has 0 aliphatic carbocycles. The summed E-state index contributed by atoms with van der Waals surface area (Å²) in [6, 6.07) is 19.0. The molecule has 2 aromatic carbocycles. The van der Waals surface area contributed by atoms with Crippen molar-refractivity contribution in [1.29, 1.82) is 0 Å². The Morgan fingerprint density at radius 2 is 0.762 bits per heavy atom. The van der Waals surface area contributed by atoms with Crippen LogP contribution >= 0.6 is 0 Å². The normalized spacial score (nSPS) is 8.10. The average molecular weight is 686 g/mol. The number of hydrogen-bond acceptors (Lipinski definition) is 16. The van der Waals surface area contributed by atoms with Gasteiger partial charge in [-0.3, -0.25) is 0 Å². The fraction of sp³-hybridized carbons (Fsp3) is 0.182. The fourth-order valence-corrected chi connectivity index (χ4v) is 1.89. The number of nitrogen functional groups attached to an aromatic ring is 2. The Balaban J connectivity index is -0.000000225. The van der Waals surface area contributed by atoms with Gasteiger partial charge in [0.2, 0.25) is 11.9 Å². The first-order chi connectivity index (χ1) is 18.7. The minimum absolute atomic E-state index is 0. The Hall–Kier alpha value is -4.90. The number of aliphatic carboxylic acids is 4. The number of tetrazole rings is 2. The second-order valence-corrected chi connectivity index (χ2v) is 6.54. The number of nitrogens with two attached hydrogens (primary N) is 2. The molecule has 0 unspecified atom stereocenters. The Bertz CT molecular complexity index is 1150. The third-order valence-electron chi connectivity index (χ3n) is 2.99. The summed E-state index contributed by atoms with van der Waals surface area (Å²) < 4.78 is 2.94. The summed E-state index contributed by atoms with van der Waals surface area (Å²) in [7, 11) is 0. The third kappa shape index (κ3) is 26.7. The number of anilines is 2. The van der Waals surface area contributed by atoms with Crippen molar-refractivity contribution in [3.8, 4) is 11.4 Å². The summed E-state index contributed by atoms with van der Waals surface area (Å²) in [4.78, 5) is 35.6. The Labute approximate surface area is 260 Å². The smallest absolute Gasteiger partial charge is 0.550 e. The van der Waals surface area contributed by atoms with Crippen molar-refractivity contribution >= 4 is 35.8 Å². The molecule has 0 atom stereocenters. The van der Waals surface area contributed by atoms with Crippen LogP contribution < -0.4 is 31.9 Å². The summed E-state index contributed by atoms with van der Waals surface area (Å²) >= 11 is 0. The van der Waals surface area contributed by atoms with E-state index in [2.05, 4.69) is 31.1 Å². The van der Waals surface area contributed by atoms with Gasteiger partial charge >= 0.3 is 34.1 Å². The average Bonchev–Trinajstić information content (AvgIpc) is 3.47. The van der Waals surface area contributed by atoms with Crippen LogP contribution in [-0.4, -0.2) is 64.3 Å². The maximum Gasteiger partial charge on any atom is 2.00 e. The van der Waals surface area contributed by atoms with E-state index >= 15 is 0 Å². The van der Waals surface area contributed by atoms with Gasteiger partial charge in [0, 0.05) is 23.9 Å². The number of hydrogen-bond donors (Lipinski definition) is 2. The van der Waals surface area contributed by atoms with Crippen molar-refractivity contribution in [2.75, 3.05) is 11.5 Å². The van der Waals surface area contributed by atoms with E-state index in [9.17, 15) is 0 Å². The molecule has 0 bridgehead atoms. The number of nitrogens with zero attached hydrogens (tertiary/aromatic N) is 8. The van der Waals surface area contributed by atoms with Crippen LogP contribution in [0.3, 0.4) is 0 Å². The number of aromatic nitrogens is 8. The maximum atomic E-state index is 8.89. The molecular weight excluding hydrogens is 659 g/mol. The minimum Gasteiger partial charge on any atom is -0.550 e. The second-order valence-electron chi connectivity index (χ2n) is 6.54. The van der Waals surface area contributed by atoms with Crippen molar-refractivity contribution in [3.63, 3.8) is 0 Å². The summed E-state index contributed by atoms with van der Waals surface area (Å²) in [6.45, 7) is 3.89. The zero-order chi connectivity index (χ0) is 31.1. The van der Waals surface area contributed by atoms with Crippen LogP contribution in [0.25, 0.3) is 11.4 Å². The van der Waals surface area contributed by atoms with E-state index < -0.39 is 23.9 Å². The molecule has 4 rings (SSSR count). The van der Waals surface area contributed by atoms with Crippen LogP contribution in [0.4, 0.5) is 11.9 Å². The van der Waals surface area contributed by atoms with Gasteiger partial charge in [0.05, 0.1) is 11.4 Å². The first kappa shape index (κ1) is 44.1. The van der Waals surface area contributed by atoms with Crippen LogP contribution in [0.1, 0.15) is 27.7 Å². The van der Waals surface area contributed by atoms with Crippen LogP contribution in [0.2, 0.25) is 0 Å². The van der Waals surface area contributed by atoms with Gasteiger partial charge in [-0.25, -0.2) is 0 Å². The van der Waals surface area contributed by atoms with Gasteiger partial charge in [0.25, 0.3) is 0 Å². The molecule has 2 aromatic heterocycles. The molecule has 0 amide bonds. The van der Waals surface area contributed by atoms with Gasteiger partial charge in [-0.05, 0) is 72.8 Å². The van der Waals surface area contributed by atoms with Crippen LogP contribution in [-0.2, 0) is 53.3 Å². The van der Waals surface area contributed by atoms with Gasteiger partial charge in [0.15, 0.2) is 0 Å². The largest absolute Gasteiger partial charge is 2.00 e. The van der Waals surface area contributed by atoms with E-state index in [1.807, 2.05) is 60.7 Å². The van der Waals surface area contributed by atoms with Gasteiger partial charge in [-0.1, -0.05) is 46.6 Å². The summed E-state index contributed by atoms with van der Waals surface area (Å²) in [5.74, 6) is -3.75. The number of carbonyl (C=O) groups excluding carboxylic acids is 4. The Morgan fingerprint density at radius 3 is 0.929 bits per heavy atom. The van der Waals surface area contributed by atoms with E-state index in [0.29, 0.717) is 11.9 Å². The summed E-state index contributed by atoms with van der Waals surface area (Å²) in [5, 5.41) is 57.0. The molecule has 4 N–H and O–H groups in total. The molecule has 0 spiro atoms. The fourth-order valence-electron chi connectivity index (χ4n) is 1.89. The van der Waals surface area contributed by atoms with Crippen molar-refractivity contribution in [3.05, 3.63) is 60.7 Å². The molecule has 20 heteroatoms. The monoisotopic (exact) mass is 684 g/mol. The van der Waals surface area contributed by atoms with Gasteiger partial charge in [-0.2, -0.15) is 9.36 Å². The van der Waals surface area contributed by atoms with E-state index in [4.69, 9.17) is 51.1 Å². The molecular formula is C22H26Cu2N10O8. The third-order valence-corrected chi connectivity index (χ3v) is 2.99. The van der Waals surface area contributed by atoms with E-state index in [0.717, 1.165) is 39.1 Å². The first-order valence-corrected chi connectivity index (χ1v) is 10.6. The molecule has 0 aliphatic rings. The van der Waals surface area contributed by atoms with Gasteiger partial charge < -0.3 is 51.1 Å². The number of rotatable bonds is 2. The molecule has 4 aromatic rings. The molecule has 18 nitrogen and oxygen atoms in total. The van der Waals surface area contributed by atoms with Crippen molar-refractivity contribution < 1.29 is 73.7 Å².